The first kappa shape index (κ1) is 24.9. The molecule has 1 heterocycles. The van der Waals surface area contributed by atoms with Crippen molar-refractivity contribution in [3.63, 3.8) is 0 Å². The number of thiocarbonyl (C=S) groups is 1. The Hall–Kier alpha value is -2.70. The van der Waals surface area contributed by atoms with Gasteiger partial charge in [0.15, 0.2) is 5.11 Å². The standard InChI is InChI=1S/C27H36N4OS/c1-5-30(6-2)14-10-13-28-27(33)31(18-22-11-8-7-9-12-22)19-23-17-24-21(4)15-20(3)16-25(24)29-26(23)32/h7-9,11-12,15-17H,5-6,10,13-14,18-19H2,1-4H3,(H,28,33)(H,29,32). The lowest BCUT2D eigenvalue weighted by Crippen LogP contribution is -2.41. The fourth-order valence-electron chi connectivity index (χ4n) is 4.19. The molecule has 0 radical (unpaired) electrons. The summed E-state index contributed by atoms with van der Waals surface area (Å²) in [5, 5.41) is 5.18. The van der Waals surface area contributed by atoms with E-state index in [0.29, 0.717) is 18.2 Å². The molecule has 0 amide bonds. The zero-order valence-electron chi connectivity index (χ0n) is 20.3. The van der Waals surface area contributed by atoms with Crippen molar-refractivity contribution < 1.29 is 0 Å². The average Bonchev–Trinajstić information content (AvgIpc) is 2.80. The van der Waals surface area contributed by atoms with Crippen molar-refractivity contribution >= 4 is 28.2 Å². The summed E-state index contributed by atoms with van der Waals surface area (Å²) in [5.41, 5.74) is 5.01. The number of nitrogens with zero attached hydrogens (tertiary/aromatic N) is 2. The molecule has 1 aromatic heterocycles. The van der Waals surface area contributed by atoms with Crippen molar-refractivity contribution in [2.75, 3.05) is 26.2 Å². The van der Waals surface area contributed by atoms with Crippen LogP contribution in [0.5, 0.6) is 0 Å². The third kappa shape index (κ3) is 6.89. The van der Waals surface area contributed by atoms with E-state index in [4.69, 9.17) is 12.2 Å². The lowest BCUT2D eigenvalue weighted by molar-refractivity contribution is 0.299. The van der Waals surface area contributed by atoms with E-state index in [9.17, 15) is 4.79 Å². The average molecular weight is 465 g/mol. The van der Waals surface area contributed by atoms with Gasteiger partial charge in [0.1, 0.15) is 0 Å². The molecule has 0 unspecified atom stereocenters. The fourth-order valence-corrected chi connectivity index (χ4v) is 4.42. The second-order valence-electron chi connectivity index (χ2n) is 8.62. The lowest BCUT2D eigenvalue weighted by Gasteiger charge is -2.26. The van der Waals surface area contributed by atoms with Gasteiger partial charge in [-0.05, 0) is 80.9 Å². The maximum absolute atomic E-state index is 12.9. The number of aromatic amines is 1. The summed E-state index contributed by atoms with van der Waals surface area (Å²) in [6.45, 7) is 13.6. The van der Waals surface area contributed by atoms with Crippen molar-refractivity contribution in [3.8, 4) is 0 Å². The van der Waals surface area contributed by atoms with E-state index >= 15 is 0 Å². The Kier molecular flexibility index (Phi) is 9.03. The van der Waals surface area contributed by atoms with Gasteiger partial charge in [-0.2, -0.15) is 0 Å². The van der Waals surface area contributed by atoms with Crippen LogP contribution in [-0.4, -0.2) is 46.1 Å². The minimum absolute atomic E-state index is 0.0603. The molecule has 0 atom stereocenters. The second-order valence-corrected chi connectivity index (χ2v) is 9.01. The van der Waals surface area contributed by atoms with Gasteiger partial charge >= 0.3 is 0 Å². The maximum atomic E-state index is 12.9. The van der Waals surface area contributed by atoms with Crippen LogP contribution in [0, 0.1) is 13.8 Å². The Morgan fingerprint density at radius 2 is 1.76 bits per heavy atom. The van der Waals surface area contributed by atoms with E-state index in [1.807, 2.05) is 37.3 Å². The number of H-pyrrole nitrogens is 1. The number of nitrogens with one attached hydrogen (secondary N) is 2. The summed E-state index contributed by atoms with van der Waals surface area (Å²) in [4.78, 5) is 20.5. The largest absolute Gasteiger partial charge is 0.363 e. The first-order valence-corrected chi connectivity index (χ1v) is 12.2. The molecule has 0 fully saturated rings. The summed E-state index contributed by atoms with van der Waals surface area (Å²) in [6, 6.07) is 16.4. The fraction of sp³-hybridized carbons (Fsp3) is 0.407. The molecule has 5 nitrogen and oxygen atoms in total. The van der Waals surface area contributed by atoms with E-state index < -0.39 is 0 Å². The number of pyridine rings is 1. The van der Waals surface area contributed by atoms with E-state index in [1.165, 1.54) is 0 Å². The van der Waals surface area contributed by atoms with Crippen molar-refractivity contribution in [1.29, 1.82) is 0 Å². The predicted molar refractivity (Wildman–Crippen MR) is 143 cm³/mol. The third-order valence-corrected chi connectivity index (χ3v) is 6.48. The molecule has 0 saturated heterocycles. The second kappa shape index (κ2) is 12.0. The minimum Gasteiger partial charge on any atom is -0.363 e. The van der Waals surface area contributed by atoms with Gasteiger partial charge in [-0.25, -0.2) is 0 Å². The van der Waals surface area contributed by atoms with Crippen molar-refractivity contribution in [2.24, 2.45) is 0 Å². The monoisotopic (exact) mass is 464 g/mol. The quantitative estimate of drug-likeness (QED) is 0.335. The topological polar surface area (TPSA) is 51.4 Å². The molecule has 6 heteroatoms. The van der Waals surface area contributed by atoms with Gasteiger partial charge in [-0.3, -0.25) is 4.79 Å². The van der Waals surface area contributed by atoms with Crippen molar-refractivity contribution in [2.45, 2.75) is 47.2 Å². The van der Waals surface area contributed by atoms with Crippen LogP contribution in [0.2, 0.25) is 0 Å². The lowest BCUT2D eigenvalue weighted by atomic mass is 10.0. The summed E-state index contributed by atoms with van der Waals surface area (Å²) in [5.74, 6) is 0. The molecule has 3 rings (SSSR count). The smallest absolute Gasteiger partial charge is 0.253 e. The Bertz CT molecular complexity index is 1120. The Morgan fingerprint density at radius 3 is 2.45 bits per heavy atom. The summed E-state index contributed by atoms with van der Waals surface area (Å²) in [6.07, 6.45) is 1.02. The molecular weight excluding hydrogens is 428 g/mol. The van der Waals surface area contributed by atoms with E-state index in [-0.39, 0.29) is 5.56 Å². The summed E-state index contributed by atoms with van der Waals surface area (Å²) < 4.78 is 0. The zero-order valence-corrected chi connectivity index (χ0v) is 21.1. The SMILES string of the molecule is CCN(CC)CCCNC(=S)N(Cc1ccccc1)Cc1cc2c(C)cc(C)cc2[nH]c1=O. The number of benzene rings is 2. The van der Waals surface area contributed by atoms with E-state index in [1.54, 1.807) is 0 Å². The van der Waals surface area contributed by atoms with Crippen molar-refractivity contribution in [1.82, 2.24) is 20.1 Å². The molecule has 33 heavy (non-hydrogen) atoms. The Labute approximate surface area is 202 Å². The van der Waals surface area contributed by atoms with Gasteiger partial charge in [-0.15, -0.1) is 0 Å². The molecule has 0 saturated carbocycles. The van der Waals surface area contributed by atoms with E-state index in [0.717, 1.165) is 65.8 Å². The summed E-state index contributed by atoms with van der Waals surface area (Å²) in [7, 11) is 0. The van der Waals surface area contributed by atoms with Gasteiger partial charge in [-0.1, -0.05) is 50.2 Å². The molecule has 0 aliphatic carbocycles. The number of hydrogen-bond acceptors (Lipinski definition) is 3. The number of fused-ring (bicyclic) bond motifs is 1. The molecule has 2 aromatic carbocycles. The van der Waals surface area contributed by atoms with Gasteiger partial charge in [0.05, 0.1) is 6.54 Å². The Balaban J connectivity index is 1.79. The van der Waals surface area contributed by atoms with Gasteiger partial charge in [0.2, 0.25) is 0 Å². The molecule has 2 N–H and O–H groups in total. The first-order valence-electron chi connectivity index (χ1n) is 11.8. The number of hydrogen-bond donors (Lipinski definition) is 2. The highest BCUT2D eigenvalue weighted by molar-refractivity contribution is 7.80. The van der Waals surface area contributed by atoms with Crippen LogP contribution in [0.4, 0.5) is 0 Å². The molecule has 0 aliphatic heterocycles. The van der Waals surface area contributed by atoms with E-state index in [2.05, 4.69) is 59.1 Å². The summed E-state index contributed by atoms with van der Waals surface area (Å²) >= 11 is 5.78. The van der Waals surface area contributed by atoms with Crippen LogP contribution in [0.15, 0.2) is 53.3 Å². The van der Waals surface area contributed by atoms with Crippen LogP contribution in [0.3, 0.4) is 0 Å². The van der Waals surface area contributed by atoms with Gasteiger partial charge in [0.25, 0.3) is 5.56 Å². The first-order chi connectivity index (χ1) is 15.9. The van der Waals surface area contributed by atoms with Crippen LogP contribution in [0.25, 0.3) is 10.9 Å². The van der Waals surface area contributed by atoms with Gasteiger partial charge < -0.3 is 20.1 Å². The predicted octanol–water partition coefficient (Wildman–Crippen LogP) is 4.75. The van der Waals surface area contributed by atoms with Crippen LogP contribution in [0.1, 0.15) is 42.5 Å². The highest BCUT2D eigenvalue weighted by Gasteiger charge is 2.15. The van der Waals surface area contributed by atoms with Crippen LogP contribution >= 0.6 is 12.2 Å². The van der Waals surface area contributed by atoms with Crippen LogP contribution < -0.4 is 10.9 Å². The molecule has 3 aromatic rings. The number of aryl methyl sites for hydroxylation is 2. The number of aromatic nitrogens is 1. The van der Waals surface area contributed by atoms with Crippen molar-refractivity contribution in [3.05, 3.63) is 81.1 Å². The normalized spacial score (nSPS) is 11.2. The molecule has 0 aliphatic rings. The van der Waals surface area contributed by atoms with Gasteiger partial charge in [0, 0.05) is 29.6 Å². The molecule has 0 spiro atoms. The highest BCUT2D eigenvalue weighted by atomic mass is 32.1. The molecular formula is C27H36N4OS. The van der Waals surface area contributed by atoms with Crippen LogP contribution in [-0.2, 0) is 13.1 Å². The molecule has 176 valence electrons. The highest BCUT2D eigenvalue weighted by Crippen LogP contribution is 2.19. The molecule has 0 bridgehead atoms. The Morgan fingerprint density at radius 1 is 1.03 bits per heavy atom. The third-order valence-electron chi connectivity index (χ3n) is 6.08. The maximum Gasteiger partial charge on any atom is 0.253 e. The number of rotatable bonds is 10. The minimum atomic E-state index is -0.0603. The zero-order chi connectivity index (χ0) is 23.8.